The molecular weight excluding hydrogens is 300 g/mol. The third-order valence-corrected chi connectivity index (χ3v) is 5.15. The molecule has 2 atom stereocenters. The first-order valence-corrected chi connectivity index (χ1v) is 8.35. The molecule has 0 amide bonds. The van der Waals surface area contributed by atoms with Crippen LogP contribution in [0.3, 0.4) is 0 Å². The summed E-state index contributed by atoms with van der Waals surface area (Å²) in [6.45, 7) is 4.74. The van der Waals surface area contributed by atoms with Crippen LogP contribution in [0.4, 0.5) is 0 Å². The zero-order valence-corrected chi connectivity index (χ0v) is 14.4. The molecule has 2 unspecified atom stereocenters. The molecule has 24 heavy (non-hydrogen) atoms. The van der Waals surface area contributed by atoms with Gasteiger partial charge in [0.05, 0.1) is 19.6 Å². The van der Waals surface area contributed by atoms with Gasteiger partial charge in [0.25, 0.3) is 0 Å². The van der Waals surface area contributed by atoms with Gasteiger partial charge in [-0.1, -0.05) is 74.5 Å². The summed E-state index contributed by atoms with van der Waals surface area (Å²) in [6.07, 6.45) is -0.123. The zero-order chi connectivity index (χ0) is 17.2. The summed E-state index contributed by atoms with van der Waals surface area (Å²) >= 11 is 0. The molecule has 0 spiro atoms. The maximum atomic E-state index is 11.9. The van der Waals surface area contributed by atoms with Crippen molar-refractivity contribution in [1.82, 2.24) is 0 Å². The van der Waals surface area contributed by atoms with Gasteiger partial charge in [0, 0.05) is 5.92 Å². The second-order valence-electron chi connectivity index (χ2n) is 6.96. The smallest absolute Gasteiger partial charge is 0.309 e. The zero-order valence-electron chi connectivity index (χ0n) is 14.4. The molecule has 0 aliphatic heterocycles. The number of carbonyl (C=O) groups excluding carboxylic acids is 1. The van der Waals surface area contributed by atoms with E-state index in [4.69, 9.17) is 9.47 Å². The van der Waals surface area contributed by atoms with Crippen LogP contribution in [-0.2, 0) is 14.3 Å². The number of hydrogen-bond acceptors (Lipinski definition) is 3. The Labute approximate surface area is 143 Å². The average molecular weight is 324 g/mol. The molecule has 0 radical (unpaired) electrons. The lowest BCUT2D eigenvalue weighted by Crippen LogP contribution is -2.11. The molecule has 2 aromatic rings. The predicted molar refractivity (Wildman–Crippen MR) is 93.5 cm³/mol. The Hall–Kier alpha value is -2.13. The van der Waals surface area contributed by atoms with E-state index in [1.165, 1.54) is 7.11 Å². The van der Waals surface area contributed by atoms with Crippen molar-refractivity contribution >= 4 is 5.97 Å². The highest BCUT2D eigenvalue weighted by Gasteiger charge is 2.62. The monoisotopic (exact) mass is 324 g/mol. The van der Waals surface area contributed by atoms with Crippen LogP contribution in [0.15, 0.2) is 60.7 Å². The van der Waals surface area contributed by atoms with Gasteiger partial charge < -0.3 is 9.47 Å². The van der Waals surface area contributed by atoms with E-state index in [1.54, 1.807) is 0 Å². The van der Waals surface area contributed by atoms with Gasteiger partial charge in [-0.15, -0.1) is 0 Å². The highest BCUT2D eigenvalue weighted by Crippen LogP contribution is 2.59. The molecule has 3 nitrogen and oxygen atoms in total. The fourth-order valence-electron chi connectivity index (χ4n) is 3.49. The van der Waals surface area contributed by atoms with Crippen molar-refractivity contribution < 1.29 is 14.3 Å². The molecule has 0 N–H and O–H groups in total. The minimum Gasteiger partial charge on any atom is -0.469 e. The van der Waals surface area contributed by atoms with Gasteiger partial charge in [-0.3, -0.25) is 4.79 Å². The van der Waals surface area contributed by atoms with Gasteiger partial charge in [-0.2, -0.15) is 0 Å². The van der Waals surface area contributed by atoms with Crippen LogP contribution < -0.4 is 0 Å². The summed E-state index contributed by atoms with van der Waals surface area (Å²) in [5.74, 6) is -0.0147. The second-order valence-corrected chi connectivity index (χ2v) is 6.96. The first-order valence-electron chi connectivity index (χ1n) is 8.35. The third-order valence-electron chi connectivity index (χ3n) is 5.15. The number of methoxy groups -OCH3 is 1. The number of esters is 1. The summed E-state index contributed by atoms with van der Waals surface area (Å²) in [7, 11) is 1.45. The molecule has 0 aromatic heterocycles. The molecule has 1 fully saturated rings. The summed E-state index contributed by atoms with van der Waals surface area (Å²) in [4.78, 5) is 11.9. The maximum absolute atomic E-state index is 11.9. The van der Waals surface area contributed by atoms with Crippen molar-refractivity contribution in [3.63, 3.8) is 0 Å². The van der Waals surface area contributed by atoms with Crippen molar-refractivity contribution in [2.24, 2.45) is 17.3 Å². The summed E-state index contributed by atoms with van der Waals surface area (Å²) in [6, 6.07) is 20.4. The lowest BCUT2D eigenvalue weighted by Gasteiger charge is -2.19. The van der Waals surface area contributed by atoms with E-state index in [-0.39, 0.29) is 29.3 Å². The van der Waals surface area contributed by atoms with Crippen LogP contribution in [0.25, 0.3) is 0 Å². The van der Waals surface area contributed by atoms with Crippen molar-refractivity contribution in [3.8, 4) is 0 Å². The molecule has 0 heterocycles. The number of hydrogen-bond donors (Lipinski definition) is 0. The SMILES string of the molecule is COC(=O)C1C(COC(c2ccccc2)c2ccccc2)C1(C)C. The first kappa shape index (κ1) is 16.7. The topological polar surface area (TPSA) is 35.5 Å². The Kier molecular flexibility index (Phi) is 4.72. The fourth-order valence-corrected chi connectivity index (χ4v) is 3.49. The minimum atomic E-state index is -0.135. The van der Waals surface area contributed by atoms with Crippen molar-refractivity contribution in [2.75, 3.05) is 13.7 Å². The van der Waals surface area contributed by atoms with Crippen LogP contribution in [0.1, 0.15) is 31.1 Å². The second kappa shape index (κ2) is 6.78. The van der Waals surface area contributed by atoms with Crippen molar-refractivity contribution in [1.29, 1.82) is 0 Å². The van der Waals surface area contributed by atoms with E-state index in [0.29, 0.717) is 6.61 Å². The van der Waals surface area contributed by atoms with Crippen LogP contribution in [0.2, 0.25) is 0 Å². The predicted octanol–water partition coefficient (Wildman–Crippen LogP) is 4.24. The van der Waals surface area contributed by atoms with Crippen molar-refractivity contribution in [3.05, 3.63) is 71.8 Å². The number of carbonyl (C=O) groups is 1. The van der Waals surface area contributed by atoms with Gasteiger partial charge in [0.2, 0.25) is 0 Å². The van der Waals surface area contributed by atoms with E-state index in [9.17, 15) is 4.79 Å². The molecular formula is C21H24O3. The first-order chi connectivity index (χ1) is 11.6. The van der Waals surface area contributed by atoms with Gasteiger partial charge >= 0.3 is 5.97 Å². The molecule has 1 aliphatic rings. The van der Waals surface area contributed by atoms with E-state index >= 15 is 0 Å². The molecule has 1 aliphatic carbocycles. The maximum Gasteiger partial charge on any atom is 0.309 e. The Balaban J connectivity index is 1.76. The van der Waals surface area contributed by atoms with E-state index < -0.39 is 0 Å². The van der Waals surface area contributed by atoms with Crippen LogP contribution in [-0.4, -0.2) is 19.7 Å². The van der Waals surface area contributed by atoms with Crippen LogP contribution in [0, 0.1) is 17.3 Å². The molecule has 3 rings (SSSR count). The molecule has 0 saturated heterocycles. The average Bonchev–Trinajstić information content (AvgIpc) is 3.17. The highest BCUT2D eigenvalue weighted by atomic mass is 16.5. The van der Waals surface area contributed by atoms with Gasteiger partial charge in [0.1, 0.15) is 6.10 Å². The Morgan fingerprint density at radius 1 is 1.00 bits per heavy atom. The van der Waals surface area contributed by atoms with E-state index in [1.807, 2.05) is 36.4 Å². The Bertz CT molecular complexity index is 639. The fraction of sp³-hybridized carbons (Fsp3) is 0.381. The van der Waals surface area contributed by atoms with Crippen LogP contribution >= 0.6 is 0 Å². The quantitative estimate of drug-likeness (QED) is 0.746. The van der Waals surface area contributed by atoms with Crippen LogP contribution in [0.5, 0.6) is 0 Å². The molecule has 0 bridgehead atoms. The van der Waals surface area contributed by atoms with Crippen molar-refractivity contribution in [2.45, 2.75) is 20.0 Å². The van der Waals surface area contributed by atoms with Gasteiger partial charge in [-0.05, 0) is 16.5 Å². The molecule has 2 aromatic carbocycles. The van der Waals surface area contributed by atoms with E-state index in [0.717, 1.165) is 11.1 Å². The largest absolute Gasteiger partial charge is 0.469 e. The lowest BCUT2D eigenvalue weighted by molar-refractivity contribution is -0.143. The summed E-state index contributed by atoms with van der Waals surface area (Å²) < 4.78 is 11.2. The molecule has 3 heteroatoms. The Morgan fingerprint density at radius 2 is 1.50 bits per heavy atom. The minimum absolute atomic E-state index is 0.0645. The standard InChI is InChI=1S/C21H24O3/c1-21(2)17(18(21)20(22)23-3)14-24-19(15-10-6-4-7-11-15)16-12-8-5-9-13-16/h4-13,17-19H,14H2,1-3H3. The van der Waals surface area contributed by atoms with Gasteiger partial charge in [-0.25, -0.2) is 0 Å². The number of benzene rings is 2. The normalized spacial score (nSPS) is 21.5. The number of ether oxygens (including phenoxy) is 2. The lowest BCUT2D eigenvalue weighted by atomic mass is 10.0. The number of rotatable bonds is 6. The van der Waals surface area contributed by atoms with E-state index in [2.05, 4.69) is 38.1 Å². The molecule has 126 valence electrons. The van der Waals surface area contributed by atoms with Gasteiger partial charge in [0.15, 0.2) is 0 Å². The summed E-state index contributed by atoms with van der Waals surface area (Å²) in [5, 5.41) is 0. The highest BCUT2D eigenvalue weighted by molar-refractivity contribution is 5.77. The Morgan fingerprint density at radius 3 is 1.96 bits per heavy atom. The summed E-state index contributed by atoms with van der Waals surface area (Å²) in [5.41, 5.74) is 2.18. The third kappa shape index (κ3) is 3.22. The molecule has 1 saturated carbocycles.